The highest BCUT2D eigenvalue weighted by Gasteiger charge is 2.02. The average Bonchev–Trinajstić information content (AvgIpc) is 1.83. The van der Waals surface area contributed by atoms with Gasteiger partial charge < -0.3 is 5.11 Å². The van der Waals surface area contributed by atoms with Gasteiger partial charge in [-0.15, -0.1) is 0 Å². The number of rotatable bonds is 4. The van der Waals surface area contributed by atoms with Crippen LogP contribution in [0.5, 0.6) is 0 Å². The van der Waals surface area contributed by atoms with Crippen molar-refractivity contribution in [2.24, 2.45) is 0 Å². The van der Waals surface area contributed by atoms with Gasteiger partial charge in [0.05, 0.1) is 6.10 Å². The number of halogens is 1. The van der Waals surface area contributed by atoms with Crippen LogP contribution in [0.25, 0.3) is 0 Å². The number of alkyl halides is 1. The molecule has 0 bridgehead atoms. The van der Waals surface area contributed by atoms with Crippen molar-refractivity contribution in [2.75, 3.05) is 11.1 Å². The lowest BCUT2D eigenvalue weighted by Gasteiger charge is -2.07. The summed E-state index contributed by atoms with van der Waals surface area (Å²) < 4.78 is 0. The molecular weight excluding hydrogens is 200 g/mol. The van der Waals surface area contributed by atoms with Gasteiger partial charge in [-0.25, -0.2) is 0 Å². The Bertz CT molecular complexity index is 68.1. The maximum atomic E-state index is 9.04. The first-order valence-electron chi connectivity index (χ1n) is 3.02. The van der Waals surface area contributed by atoms with Crippen LogP contribution in [0.4, 0.5) is 0 Å². The number of aliphatic hydroxyl groups excluding tert-OH is 1. The normalized spacial score (nSPS) is 14.3. The van der Waals surface area contributed by atoms with Crippen LogP contribution in [0.3, 0.4) is 0 Å². The molecule has 0 aliphatic heterocycles. The van der Waals surface area contributed by atoms with Gasteiger partial charge in [0.2, 0.25) is 0 Å². The fourth-order valence-corrected chi connectivity index (χ4v) is 1.60. The molecule has 0 aliphatic carbocycles. The minimum Gasteiger partial charge on any atom is -0.391 e. The van der Waals surface area contributed by atoms with E-state index in [1.165, 1.54) is 0 Å². The Morgan fingerprint density at radius 1 is 1.56 bits per heavy atom. The smallest absolute Gasteiger partial charge is 0.0727 e. The predicted molar refractivity (Wildman–Crippen MR) is 47.4 cm³/mol. The van der Waals surface area contributed by atoms with E-state index in [4.69, 9.17) is 5.11 Å². The lowest BCUT2D eigenvalue weighted by atomic mass is 10.5. The van der Waals surface area contributed by atoms with Crippen LogP contribution >= 0.6 is 27.7 Å². The number of hydrogen-bond donors (Lipinski definition) is 1. The van der Waals surface area contributed by atoms with Crippen LogP contribution in [0.2, 0.25) is 0 Å². The van der Waals surface area contributed by atoms with E-state index >= 15 is 0 Å². The molecule has 3 heteroatoms. The van der Waals surface area contributed by atoms with E-state index in [2.05, 4.69) is 29.8 Å². The molecule has 1 N–H and O–H groups in total. The molecule has 1 atom stereocenters. The molecule has 0 rings (SSSR count). The molecule has 0 heterocycles. The Kier molecular flexibility index (Phi) is 6.05. The number of aliphatic hydroxyl groups is 1. The van der Waals surface area contributed by atoms with E-state index in [9.17, 15) is 0 Å². The summed E-state index contributed by atoms with van der Waals surface area (Å²) in [5.41, 5.74) is 0. The average molecular weight is 213 g/mol. The molecule has 0 amide bonds. The second-order valence-corrected chi connectivity index (χ2v) is 4.45. The first-order chi connectivity index (χ1) is 4.16. The van der Waals surface area contributed by atoms with Crippen LogP contribution in [-0.4, -0.2) is 27.5 Å². The molecule has 56 valence electrons. The topological polar surface area (TPSA) is 20.2 Å². The van der Waals surface area contributed by atoms with Crippen molar-refractivity contribution < 1.29 is 5.11 Å². The first-order valence-corrected chi connectivity index (χ1v) is 5.19. The van der Waals surface area contributed by atoms with Gasteiger partial charge in [-0.2, -0.15) is 11.8 Å². The van der Waals surface area contributed by atoms with Gasteiger partial charge in [-0.1, -0.05) is 29.8 Å². The maximum Gasteiger partial charge on any atom is 0.0727 e. The summed E-state index contributed by atoms with van der Waals surface area (Å²) in [5, 5.41) is 10.4. The quantitative estimate of drug-likeness (QED) is 0.719. The second kappa shape index (κ2) is 5.57. The van der Waals surface area contributed by atoms with Crippen molar-refractivity contribution in [2.45, 2.75) is 25.2 Å². The first kappa shape index (κ1) is 9.79. The predicted octanol–water partition coefficient (Wildman–Crippen LogP) is 1.88. The number of hydrogen-bond acceptors (Lipinski definition) is 2. The van der Waals surface area contributed by atoms with E-state index in [1.807, 2.05) is 0 Å². The Balaban J connectivity index is 3.06. The molecule has 1 nitrogen and oxygen atoms in total. The lowest BCUT2D eigenvalue weighted by molar-refractivity contribution is 0.226. The molecule has 9 heavy (non-hydrogen) atoms. The van der Waals surface area contributed by atoms with Crippen molar-refractivity contribution in [1.82, 2.24) is 0 Å². The van der Waals surface area contributed by atoms with Gasteiger partial charge in [0.15, 0.2) is 0 Å². The molecule has 0 saturated heterocycles. The molecule has 1 unspecified atom stereocenters. The van der Waals surface area contributed by atoms with Crippen LogP contribution in [0, 0.1) is 0 Å². The summed E-state index contributed by atoms with van der Waals surface area (Å²) in [7, 11) is 0. The summed E-state index contributed by atoms with van der Waals surface area (Å²) in [6, 6.07) is 0. The largest absolute Gasteiger partial charge is 0.391 e. The molecule has 0 aromatic rings. The minimum atomic E-state index is -0.183. The summed E-state index contributed by atoms with van der Waals surface area (Å²) in [5.74, 6) is 0.836. The van der Waals surface area contributed by atoms with Crippen LogP contribution in [0.15, 0.2) is 0 Å². The highest BCUT2D eigenvalue weighted by Crippen LogP contribution is 2.10. The van der Waals surface area contributed by atoms with Crippen molar-refractivity contribution in [3.8, 4) is 0 Å². The van der Waals surface area contributed by atoms with E-state index in [0.717, 1.165) is 5.75 Å². The fraction of sp³-hybridized carbons (Fsp3) is 1.00. The second-order valence-electron chi connectivity index (χ2n) is 2.19. The Labute approximate surface area is 69.3 Å². The van der Waals surface area contributed by atoms with Gasteiger partial charge in [-0.3, -0.25) is 0 Å². The molecular formula is C6H13BrOS. The summed E-state index contributed by atoms with van der Waals surface area (Å²) in [6.45, 7) is 4.26. The highest BCUT2D eigenvalue weighted by molar-refractivity contribution is 9.09. The molecule has 0 saturated carbocycles. The zero-order valence-corrected chi connectivity index (χ0v) is 8.20. The number of thioether (sulfide) groups is 1. The third kappa shape index (κ3) is 6.68. The van der Waals surface area contributed by atoms with E-state index in [1.54, 1.807) is 11.8 Å². The lowest BCUT2D eigenvalue weighted by Crippen LogP contribution is -2.12. The monoisotopic (exact) mass is 212 g/mol. The van der Waals surface area contributed by atoms with Crippen molar-refractivity contribution in [1.29, 1.82) is 0 Å². The molecule has 0 spiro atoms. The maximum absolute atomic E-state index is 9.04. The van der Waals surface area contributed by atoms with E-state index in [0.29, 0.717) is 10.6 Å². The summed E-state index contributed by atoms with van der Waals surface area (Å²) in [4.78, 5) is 0. The van der Waals surface area contributed by atoms with Gasteiger partial charge in [-0.05, 0) is 5.25 Å². The highest BCUT2D eigenvalue weighted by atomic mass is 79.9. The van der Waals surface area contributed by atoms with Crippen molar-refractivity contribution in [3.05, 3.63) is 0 Å². The zero-order valence-electron chi connectivity index (χ0n) is 5.80. The van der Waals surface area contributed by atoms with E-state index in [-0.39, 0.29) is 6.10 Å². The molecule has 0 fully saturated rings. The molecule has 0 radical (unpaired) electrons. The van der Waals surface area contributed by atoms with E-state index < -0.39 is 0 Å². The van der Waals surface area contributed by atoms with Gasteiger partial charge >= 0.3 is 0 Å². The third-order valence-corrected chi connectivity index (χ3v) is 2.79. The van der Waals surface area contributed by atoms with Crippen LogP contribution in [0.1, 0.15) is 13.8 Å². The Morgan fingerprint density at radius 3 is 2.44 bits per heavy atom. The Hall–Kier alpha value is 0.790. The summed E-state index contributed by atoms with van der Waals surface area (Å²) >= 11 is 4.99. The fourth-order valence-electron chi connectivity index (χ4n) is 0.348. The third-order valence-electron chi connectivity index (χ3n) is 0.800. The standard InChI is InChI=1S/C6H13BrOS/c1-5(2)9-4-6(8)3-7/h5-6,8H,3-4H2,1-2H3. The zero-order chi connectivity index (χ0) is 7.28. The van der Waals surface area contributed by atoms with Gasteiger partial charge in [0.25, 0.3) is 0 Å². The van der Waals surface area contributed by atoms with Crippen LogP contribution < -0.4 is 0 Å². The van der Waals surface area contributed by atoms with Gasteiger partial charge in [0, 0.05) is 11.1 Å². The SMILES string of the molecule is CC(C)SCC(O)CBr. The van der Waals surface area contributed by atoms with Gasteiger partial charge in [0.1, 0.15) is 0 Å². The van der Waals surface area contributed by atoms with Crippen molar-refractivity contribution >= 4 is 27.7 Å². The molecule has 0 aliphatic rings. The minimum absolute atomic E-state index is 0.183. The Morgan fingerprint density at radius 2 is 2.11 bits per heavy atom. The van der Waals surface area contributed by atoms with Crippen LogP contribution in [-0.2, 0) is 0 Å². The molecule has 0 aromatic heterocycles. The van der Waals surface area contributed by atoms with Crippen molar-refractivity contribution in [3.63, 3.8) is 0 Å². The molecule has 0 aromatic carbocycles. The summed E-state index contributed by atoms with van der Waals surface area (Å²) in [6.07, 6.45) is -0.183.